The number of amides is 2. The number of halogens is 2. The standard InChI is InChI=1S/C23H24ClN3O4.ClH/c1-3-26(4-2)9-10-27-18-13-15(21(25)28)12-17(24)19(18)23(30,22(27)29)16-7-5-6-14-8-11-31-20(14)16;/h5-8,11-13,30H,3-4,9-10H2,1-2H3,(H2,25,28);1H. The Bertz CT molecular complexity index is 1180. The van der Waals surface area contributed by atoms with Gasteiger partial charge in [0.1, 0.15) is 5.58 Å². The predicted octanol–water partition coefficient (Wildman–Crippen LogP) is 3.53. The Morgan fingerprint density at radius 2 is 1.97 bits per heavy atom. The molecule has 7 nitrogen and oxygen atoms in total. The molecule has 2 amide bonds. The fraction of sp³-hybridized carbons (Fsp3) is 0.304. The monoisotopic (exact) mass is 477 g/mol. The second-order valence-corrected chi connectivity index (χ2v) is 7.96. The zero-order valence-electron chi connectivity index (χ0n) is 17.8. The molecule has 3 aromatic rings. The van der Waals surface area contributed by atoms with Gasteiger partial charge >= 0.3 is 0 Å². The third kappa shape index (κ3) is 3.65. The number of anilines is 1. The molecule has 2 heterocycles. The van der Waals surface area contributed by atoms with E-state index in [0.29, 0.717) is 29.9 Å². The third-order valence-electron chi connectivity index (χ3n) is 5.96. The van der Waals surface area contributed by atoms with Gasteiger partial charge in [-0.3, -0.25) is 9.59 Å². The Labute approximate surface area is 197 Å². The maximum Gasteiger partial charge on any atom is 0.268 e. The fourth-order valence-corrected chi connectivity index (χ4v) is 4.60. The number of para-hydroxylation sites is 1. The summed E-state index contributed by atoms with van der Waals surface area (Å²) in [6.07, 6.45) is 1.51. The molecule has 0 fully saturated rings. The summed E-state index contributed by atoms with van der Waals surface area (Å²) in [5.74, 6) is -1.20. The normalized spacial score (nSPS) is 17.7. The lowest BCUT2D eigenvalue weighted by molar-refractivity contribution is -0.132. The first-order valence-corrected chi connectivity index (χ1v) is 10.6. The Morgan fingerprint density at radius 1 is 1.25 bits per heavy atom. The van der Waals surface area contributed by atoms with Gasteiger partial charge in [0, 0.05) is 35.2 Å². The van der Waals surface area contributed by atoms with Gasteiger partial charge < -0.3 is 25.1 Å². The van der Waals surface area contributed by atoms with Gasteiger partial charge in [-0.05, 0) is 31.3 Å². The first-order valence-electron chi connectivity index (χ1n) is 10.2. The van der Waals surface area contributed by atoms with Crippen LogP contribution in [0.25, 0.3) is 11.0 Å². The Hall–Kier alpha value is -2.58. The van der Waals surface area contributed by atoms with E-state index in [-0.39, 0.29) is 28.6 Å². The van der Waals surface area contributed by atoms with Crippen molar-refractivity contribution < 1.29 is 19.1 Å². The number of hydrogen-bond acceptors (Lipinski definition) is 5. The van der Waals surface area contributed by atoms with Crippen molar-refractivity contribution in [2.45, 2.75) is 19.4 Å². The molecule has 0 saturated heterocycles. The van der Waals surface area contributed by atoms with E-state index in [1.165, 1.54) is 23.3 Å². The summed E-state index contributed by atoms with van der Waals surface area (Å²) in [6.45, 7) is 6.64. The Balaban J connectivity index is 0.00000289. The minimum absolute atomic E-state index is 0. The lowest BCUT2D eigenvalue weighted by atomic mass is 9.86. The second-order valence-electron chi connectivity index (χ2n) is 7.56. The second kappa shape index (κ2) is 9.11. The van der Waals surface area contributed by atoms with Gasteiger partial charge in [0.15, 0.2) is 0 Å². The molecular formula is C23H25Cl2N3O4. The van der Waals surface area contributed by atoms with Crippen LogP contribution in [-0.4, -0.2) is 48.0 Å². The number of aliphatic hydroxyl groups is 1. The van der Waals surface area contributed by atoms with E-state index >= 15 is 0 Å². The molecule has 0 saturated carbocycles. The molecule has 170 valence electrons. The molecule has 4 rings (SSSR count). The summed E-state index contributed by atoms with van der Waals surface area (Å²) < 4.78 is 5.60. The average molecular weight is 478 g/mol. The molecule has 3 N–H and O–H groups in total. The number of carbonyl (C=O) groups excluding carboxylic acids is 2. The van der Waals surface area contributed by atoms with Crippen LogP contribution in [0.1, 0.15) is 35.3 Å². The summed E-state index contributed by atoms with van der Waals surface area (Å²) in [4.78, 5) is 29.2. The number of nitrogens with two attached hydrogens (primary N) is 1. The zero-order valence-corrected chi connectivity index (χ0v) is 19.4. The molecule has 1 aliphatic rings. The van der Waals surface area contributed by atoms with Gasteiger partial charge in [0.25, 0.3) is 5.91 Å². The number of hydrogen-bond donors (Lipinski definition) is 2. The van der Waals surface area contributed by atoms with Crippen LogP contribution in [0.15, 0.2) is 47.1 Å². The number of likely N-dealkylation sites (N-methyl/N-ethyl adjacent to an activating group) is 1. The maximum atomic E-state index is 13.7. The van der Waals surface area contributed by atoms with E-state index < -0.39 is 17.4 Å². The molecular weight excluding hydrogens is 453 g/mol. The van der Waals surface area contributed by atoms with E-state index in [4.69, 9.17) is 21.8 Å². The molecule has 1 aliphatic heterocycles. The van der Waals surface area contributed by atoms with Crippen LogP contribution in [0, 0.1) is 0 Å². The van der Waals surface area contributed by atoms with E-state index in [0.717, 1.165) is 18.5 Å². The average Bonchev–Trinajstić information content (AvgIpc) is 3.31. The summed E-state index contributed by atoms with van der Waals surface area (Å²) in [5, 5.41) is 12.7. The number of benzene rings is 2. The number of primary amides is 1. The highest BCUT2D eigenvalue weighted by atomic mass is 35.5. The van der Waals surface area contributed by atoms with Crippen molar-refractivity contribution >= 4 is 52.5 Å². The molecule has 0 bridgehead atoms. The highest BCUT2D eigenvalue weighted by Crippen LogP contribution is 2.49. The molecule has 0 aliphatic carbocycles. The summed E-state index contributed by atoms with van der Waals surface area (Å²) in [5.41, 5.74) is 4.91. The summed E-state index contributed by atoms with van der Waals surface area (Å²) in [7, 11) is 0. The van der Waals surface area contributed by atoms with Crippen LogP contribution in [-0.2, 0) is 10.4 Å². The summed E-state index contributed by atoms with van der Waals surface area (Å²) >= 11 is 6.54. The highest BCUT2D eigenvalue weighted by molar-refractivity contribution is 6.34. The topological polar surface area (TPSA) is 100 Å². The number of nitrogens with zero attached hydrogens (tertiary/aromatic N) is 2. The van der Waals surface area contributed by atoms with Gasteiger partial charge in [-0.1, -0.05) is 43.6 Å². The lowest BCUT2D eigenvalue weighted by Crippen LogP contribution is -2.44. The molecule has 32 heavy (non-hydrogen) atoms. The largest absolute Gasteiger partial charge is 0.464 e. The zero-order chi connectivity index (χ0) is 22.3. The Kier molecular flexibility index (Phi) is 6.86. The Morgan fingerprint density at radius 3 is 2.62 bits per heavy atom. The van der Waals surface area contributed by atoms with E-state index in [1.54, 1.807) is 18.2 Å². The van der Waals surface area contributed by atoms with Crippen LogP contribution < -0.4 is 10.6 Å². The van der Waals surface area contributed by atoms with E-state index in [2.05, 4.69) is 4.90 Å². The first-order chi connectivity index (χ1) is 14.8. The highest BCUT2D eigenvalue weighted by Gasteiger charge is 2.53. The van der Waals surface area contributed by atoms with Crippen LogP contribution in [0.3, 0.4) is 0 Å². The van der Waals surface area contributed by atoms with Crippen molar-refractivity contribution in [1.82, 2.24) is 4.90 Å². The first kappa shape index (κ1) is 24.1. The van der Waals surface area contributed by atoms with Crippen LogP contribution in [0.2, 0.25) is 5.02 Å². The van der Waals surface area contributed by atoms with E-state index in [9.17, 15) is 14.7 Å². The van der Waals surface area contributed by atoms with Crippen LogP contribution >= 0.6 is 24.0 Å². The van der Waals surface area contributed by atoms with Crippen molar-refractivity contribution in [3.63, 3.8) is 0 Å². The molecule has 1 unspecified atom stereocenters. The molecule has 0 spiro atoms. The third-order valence-corrected chi connectivity index (χ3v) is 6.26. The molecule has 1 atom stereocenters. The minimum Gasteiger partial charge on any atom is -0.464 e. The smallest absolute Gasteiger partial charge is 0.268 e. The number of fused-ring (bicyclic) bond motifs is 2. The molecule has 0 radical (unpaired) electrons. The minimum atomic E-state index is -2.05. The van der Waals surface area contributed by atoms with Gasteiger partial charge in [0.05, 0.1) is 17.0 Å². The van der Waals surface area contributed by atoms with Crippen molar-refractivity contribution in [1.29, 1.82) is 0 Å². The van der Waals surface area contributed by atoms with Crippen molar-refractivity contribution in [3.8, 4) is 0 Å². The van der Waals surface area contributed by atoms with Gasteiger partial charge in [-0.25, -0.2) is 0 Å². The predicted molar refractivity (Wildman–Crippen MR) is 127 cm³/mol. The SMILES string of the molecule is CCN(CC)CCN1C(=O)C(O)(c2cccc3ccoc23)c2c(Cl)cc(C(N)=O)cc21.Cl. The van der Waals surface area contributed by atoms with Crippen LogP contribution in [0.5, 0.6) is 0 Å². The fourth-order valence-electron chi connectivity index (χ4n) is 4.25. The molecule has 1 aromatic heterocycles. The van der Waals surface area contributed by atoms with Crippen molar-refractivity contribution in [2.75, 3.05) is 31.1 Å². The number of furan rings is 1. The maximum absolute atomic E-state index is 13.7. The van der Waals surface area contributed by atoms with Gasteiger partial charge in [0.2, 0.25) is 11.5 Å². The van der Waals surface area contributed by atoms with Crippen LogP contribution in [0.4, 0.5) is 5.69 Å². The molecule has 9 heteroatoms. The number of rotatable bonds is 7. The lowest BCUT2D eigenvalue weighted by Gasteiger charge is -2.26. The molecule has 2 aromatic carbocycles. The summed E-state index contributed by atoms with van der Waals surface area (Å²) in [6, 6.07) is 9.91. The van der Waals surface area contributed by atoms with Gasteiger partial charge in [-0.15, -0.1) is 12.4 Å². The van der Waals surface area contributed by atoms with Gasteiger partial charge in [-0.2, -0.15) is 0 Å². The van der Waals surface area contributed by atoms with E-state index in [1.807, 2.05) is 19.9 Å². The quantitative estimate of drug-likeness (QED) is 0.541. The number of carbonyl (C=O) groups is 2. The van der Waals surface area contributed by atoms with Crippen molar-refractivity contribution in [2.24, 2.45) is 5.73 Å². The van der Waals surface area contributed by atoms with Crippen molar-refractivity contribution in [3.05, 3.63) is 64.4 Å².